The van der Waals surface area contributed by atoms with Gasteiger partial charge in [0.15, 0.2) is 0 Å². The molecule has 0 heterocycles. The first-order valence-corrected chi connectivity index (χ1v) is 6.38. The largest absolute Gasteiger partial charge is 0.394 e. The molecule has 0 spiro atoms. The number of benzene rings is 1. The minimum absolute atomic E-state index is 0.102. The van der Waals surface area contributed by atoms with Crippen molar-refractivity contribution in [1.82, 2.24) is 5.32 Å². The maximum Gasteiger partial charge on any atom is 0.0698 e. The molecule has 1 fully saturated rings. The molecule has 2 rings (SSSR count). The first kappa shape index (κ1) is 12.6. The van der Waals surface area contributed by atoms with E-state index in [1.54, 1.807) is 0 Å². The second-order valence-electron chi connectivity index (χ2n) is 4.52. The summed E-state index contributed by atoms with van der Waals surface area (Å²) in [5, 5.41) is 12.2. The van der Waals surface area contributed by atoms with Crippen LogP contribution in [0.15, 0.2) is 30.3 Å². The van der Waals surface area contributed by atoms with E-state index in [2.05, 4.69) is 35.6 Å². The Morgan fingerprint density at radius 3 is 2.65 bits per heavy atom. The van der Waals surface area contributed by atoms with Gasteiger partial charge in [0.05, 0.1) is 19.8 Å². The molecule has 3 nitrogen and oxygen atoms in total. The molecule has 0 aromatic heterocycles. The molecule has 0 saturated heterocycles. The van der Waals surface area contributed by atoms with Crippen LogP contribution in [-0.2, 0) is 4.74 Å². The molecule has 1 aromatic rings. The van der Waals surface area contributed by atoms with E-state index in [4.69, 9.17) is 9.84 Å². The Kier molecular flexibility index (Phi) is 4.98. The van der Waals surface area contributed by atoms with Crippen molar-refractivity contribution in [2.45, 2.75) is 18.9 Å². The van der Waals surface area contributed by atoms with Gasteiger partial charge in [-0.2, -0.15) is 0 Å². The molecule has 94 valence electrons. The summed E-state index contributed by atoms with van der Waals surface area (Å²) in [5.41, 5.74) is 1.37. The summed E-state index contributed by atoms with van der Waals surface area (Å²) in [6.45, 7) is 2.04. The molecule has 0 amide bonds. The summed E-state index contributed by atoms with van der Waals surface area (Å²) in [6, 6.07) is 11.1. The Morgan fingerprint density at radius 1 is 1.24 bits per heavy atom. The van der Waals surface area contributed by atoms with Crippen LogP contribution >= 0.6 is 0 Å². The van der Waals surface area contributed by atoms with Gasteiger partial charge < -0.3 is 15.2 Å². The van der Waals surface area contributed by atoms with Gasteiger partial charge in [-0.3, -0.25) is 0 Å². The lowest BCUT2D eigenvalue weighted by molar-refractivity contribution is 0.0922. The van der Waals surface area contributed by atoms with Crippen LogP contribution in [0.25, 0.3) is 0 Å². The second-order valence-corrected chi connectivity index (χ2v) is 4.52. The number of aliphatic hydroxyl groups is 1. The van der Waals surface area contributed by atoms with Crippen LogP contribution in [0.2, 0.25) is 0 Å². The number of rotatable bonds is 8. The van der Waals surface area contributed by atoms with Gasteiger partial charge in [0, 0.05) is 12.6 Å². The minimum atomic E-state index is 0.102. The van der Waals surface area contributed by atoms with E-state index in [0.717, 1.165) is 12.5 Å². The lowest BCUT2D eigenvalue weighted by Crippen LogP contribution is -2.27. The third-order valence-electron chi connectivity index (χ3n) is 3.10. The van der Waals surface area contributed by atoms with Gasteiger partial charge in [0.25, 0.3) is 0 Å². The van der Waals surface area contributed by atoms with E-state index in [1.807, 2.05) is 0 Å². The summed E-state index contributed by atoms with van der Waals surface area (Å²) in [4.78, 5) is 0. The summed E-state index contributed by atoms with van der Waals surface area (Å²) in [7, 11) is 0. The van der Waals surface area contributed by atoms with Crippen molar-refractivity contribution in [2.75, 3.05) is 26.4 Å². The van der Waals surface area contributed by atoms with Gasteiger partial charge in [-0.15, -0.1) is 0 Å². The zero-order chi connectivity index (χ0) is 11.9. The zero-order valence-electron chi connectivity index (χ0n) is 10.1. The Hall–Kier alpha value is -0.900. The number of nitrogens with one attached hydrogen (secondary N) is 1. The van der Waals surface area contributed by atoms with Crippen LogP contribution in [0.5, 0.6) is 0 Å². The van der Waals surface area contributed by atoms with E-state index in [0.29, 0.717) is 19.3 Å². The Morgan fingerprint density at radius 2 is 2.00 bits per heavy atom. The minimum Gasteiger partial charge on any atom is -0.394 e. The molecule has 17 heavy (non-hydrogen) atoms. The van der Waals surface area contributed by atoms with Crippen LogP contribution in [0, 0.1) is 5.92 Å². The summed E-state index contributed by atoms with van der Waals surface area (Å²) >= 11 is 0. The number of aliphatic hydroxyl groups excluding tert-OH is 1. The highest BCUT2D eigenvalue weighted by Gasteiger charge is 2.31. The fraction of sp³-hybridized carbons (Fsp3) is 0.571. The van der Waals surface area contributed by atoms with Crippen LogP contribution in [0.3, 0.4) is 0 Å². The molecule has 1 aromatic carbocycles. The molecule has 0 bridgehead atoms. The van der Waals surface area contributed by atoms with E-state index in [-0.39, 0.29) is 6.61 Å². The zero-order valence-corrected chi connectivity index (χ0v) is 10.1. The molecule has 2 N–H and O–H groups in total. The molecule has 1 unspecified atom stereocenters. The normalized spacial score (nSPS) is 17.0. The van der Waals surface area contributed by atoms with E-state index in [1.165, 1.54) is 18.4 Å². The summed E-state index contributed by atoms with van der Waals surface area (Å²) in [6.07, 6.45) is 2.65. The van der Waals surface area contributed by atoms with Gasteiger partial charge in [0.2, 0.25) is 0 Å². The summed E-state index contributed by atoms with van der Waals surface area (Å²) in [5.74, 6) is 0.787. The maximum atomic E-state index is 8.61. The van der Waals surface area contributed by atoms with Crippen molar-refractivity contribution in [3.05, 3.63) is 35.9 Å². The fourth-order valence-electron chi connectivity index (χ4n) is 2.10. The van der Waals surface area contributed by atoms with Gasteiger partial charge in [-0.05, 0) is 24.3 Å². The fourth-order valence-corrected chi connectivity index (χ4v) is 2.10. The monoisotopic (exact) mass is 235 g/mol. The Labute approximate surface area is 103 Å². The summed E-state index contributed by atoms with van der Waals surface area (Å²) < 4.78 is 5.26. The van der Waals surface area contributed by atoms with Crippen molar-refractivity contribution in [3.63, 3.8) is 0 Å². The number of hydrogen-bond acceptors (Lipinski definition) is 3. The highest BCUT2D eigenvalue weighted by Crippen LogP contribution is 2.40. The smallest absolute Gasteiger partial charge is 0.0698 e. The quantitative estimate of drug-likeness (QED) is 0.674. The third-order valence-corrected chi connectivity index (χ3v) is 3.10. The topological polar surface area (TPSA) is 41.5 Å². The van der Waals surface area contributed by atoms with Crippen molar-refractivity contribution in [2.24, 2.45) is 5.92 Å². The lowest BCUT2D eigenvalue weighted by Gasteiger charge is -2.18. The van der Waals surface area contributed by atoms with Crippen LogP contribution < -0.4 is 5.32 Å². The molecule has 1 aliphatic carbocycles. The third kappa shape index (κ3) is 4.11. The van der Waals surface area contributed by atoms with Gasteiger partial charge >= 0.3 is 0 Å². The molecule has 3 heteroatoms. The average Bonchev–Trinajstić information content (AvgIpc) is 3.19. The maximum absolute atomic E-state index is 8.61. The van der Waals surface area contributed by atoms with Crippen LogP contribution in [0.4, 0.5) is 0 Å². The van der Waals surface area contributed by atoms with Crippen LogP contribution in [0.1, 0.15) is 24.4 Å². The van der Waals surface area contributed by atoms with Crippen LogP contribution in [-0.4, -0.2) is 31.5 Å². The highest BCUT2D eigenvalue weighted by atomic mass is 16.5. The van der Waals surface area contributed by atoms with E-state index >= 15 is 0 Å². The average molecular weight is 235 g/mol. The standard InChI is InChI=1S/C14H21NO2/c16-9-11-17-10-8-15-14(13-6-7-13)12-4-2-1-3-5-12/h1-5,13-16H,6-11H2. The Bertz CT molecular complexity index is 311. The van der Waals surface area contributed by atoms with Gasteiger partial charge in [-0.1, -0.05) is 30.3 Å². The molecular weight excluding hydrogens is 214 g/mol. The SMILES string of the molecule is OCCOCCNC(c1ccccc1)C1CC1. The molecule has 1 atom stereocenters. The van der Waals surface area contributed by atoms with Crippen molar-refractivity contribution in [1.29, 1.82) is 0 Å². The molecule has 0 radical (unpaired) electrons. The first-order valence-electron chi connectivity index (χ1n) is 6.38. The lowest BCUT2D eigenvalue weighted by atomic mass is 10.0. The molecule has 1 saturated carbocycles. The second kappa shape index (κ2) is 6.74. The van der Waals surface area contributed by atoms with Crippen molar-refractivity contribution >= 4 is 0 Å². The van der Waals surface area contributed by atoms with Gasteiger partial charge in [-0.25, -0.2) is 0 Å². The number of hydrogen-bond donors (Lipinski definition) is 2. The molecule has 1 aliphatic rings. The first-order chi connectivity index (χ1) is 8.42. The van der Waals surface area contributed by atoms with E-state index < -0.39 is 0 Å². The van der Waals surface area contributed by atoms with Crippen molar-refractivity contribution < 1.29 is 9.84 Å². The molecular formula is C14H21NO2. The molecule has 0 aliphatic heterocycles. The highest BCUT2D eigenvalue weighted by molar-refractivity contribution is 5.21. The van der Waals surface area contributed by atoms with Gasteiger partial charge in [0.1, 0.15) is 0 Å². The predicted molar refractivity (Wildman–Crippen MR) is 67.8 cm³/mol. The Balaban J connectivity index is 1.78. The van der Waals surface area contributed by atoms with Crippen molar-refractivity contribution in [3.8, 4) is 0 Å². The number of ether oxygens (including phenoxy) is 1. The van der Waals surface area contributed by atoms with E-state index in [9.17, 15) is 0 Å². The predicted octanol–water partition coefficient (Wildman–Crippen LogP) is 1.74.